The van der Waals surface area contributed by atoms with Gasteiger partial charge in [-0.2, -0.15) is 5.26 Å². The second-order valence-electron chi connectivity index (χ2n) is 3.46. The highest BCUT2D eigenvalue weighted by Gasteiger charge is 1.94. The molecule has 0 fully saturated rings. The first kappa shape index (κ1) is 12.8. The average molecular weight is 276 g/mol. The lowest BCUT2D eigenvalue weighted by molar-refractivity contribution is 0.745. The van der Waals surface area contributed by atoms with Gasteiger partial charge in [-0.25, -0.2) is 0 Å². The minimum absolute atomic E-state index is 0.662. The highest BCUT2D eigenvalue weighted by Crippen LogP contribution is 2.06. The van der Waals surface area contributed by atoms with E-state index in [4.69, 9.17) is 5.26 Å². The van der Waals surface area contributed by atoms with Crippen molar-refractivity contribution in [3.8, 4) is 17.9 Å². The van der Waals surface area contributed by atoms with Crippen molar-refractivity contribution in [2.24, 2.45) is 0 Å². The van der Waals surface area contributed by atoms with Crippen LogP contribution in [-0.2, 0) is 0 Å². The normalized spacial score (nSPS) is 9.00. The van der Waals surface area contributed by atoms with Gasteiger partial charge in [0, 0.05) is 17.3 Å². The molecule has 16 heavy (non-hydrogen) atoms. The van der Waals surface area contributed by atoms with Gasteiger partial charge < -0.3 is 0 Å². The third-order valence-corrected chi connectivity index (χ3v) is 2.77. The molecule has 0 aliphatic carbocycles. The zero-order valence-corrected chi connectivity index (χ0v) is 10.8. The molecule has 0 atom stereocenters. The van der Waals surface area contributed by atoms with E-state index in [1.165, 1.54) is 12.8 Å². The van der Waals surface area contributed by atoms with Crippen LogP contribution in [0, 0.1) is 23.2 Å². The van der Waals surface area contributed by atoms with E-state index in [9.17, 15) is 0 Å². The number of benzene rings is 1. The molecule has 0 aromatic heterocycles. The van der Waals surface area contributed by atoms with Gasteiger partial charge in [0.2, 0.25) is 0 Å². The van der Waals surface area contributed by atoms with Crippen molar-refractivity contribution in [3.05, 3.63) is 35.4 Å². The van der Waals surface area contributed by atoms with Gasteiger partial charge in [-0.1, -0.05) is 46.3 Å². The molecule has 2 heteroatoms. The Hall–Kier alpha value is -1.25. The first-order valence-electron chi connectivity index (χ1n) is 5.42. The predicted octanol–water partition coefficient (Wildman–Crippen LogP) is 3.87. The fourth-order valence-corrected chi connectivity index (χ4v) is 1.73. The topological polar surface area (TPSA) is 23.8 Å². The Labute approximate surface area is 106 Å². The Kier molecular flexibility index (Phi) is 6.38. The highest BCUT2D eigenvalue weighted by molar-refractivity contribution is 9.09. The molecule has 0 bridgehead atoms. The number of nitriles is 1. The van der Waals surface area contributed by atoms with Crippen molar-refractivity contribution in [2.75, 3.05) is 5.33 Å². The van der Waals surface area contributed by atoms with Crippen LogP contribution in [0.5, 0.6) is 0 Å². The predicted molar refractivity (Wildman–Crippen MR) is 70.3 cm³/mol. The first-order valence-corrected chi connectivity index (χ1v) is 6.54. The van der Waals surface area contributed by atoms with Crippen molar-refractivity contribution in [3.63, 3.8) is 0 Å². The van der Waals surface area contributed by atoms with Gasteiger partial charge >= 0.3 is 0 Å². The molecule has 0 N–H and O–H groups in total. The third-order valence-electron chi connectivity index (χ3n) is 2.21. The average Bonchev–Trinajstić information content (AvgIpc) is 2.34. The number of alkyl halides is 1. The quantitative estimate of drug-likeness (QED) is 0.465. The summed E-state index contributed by atoms with van der Waals surface area (Å²) in [6.07, 6.45) is 4.45. The summed E-state index contributed by atoms with van der Waals surface area (Å²) in [6, 6.07) is 9.61. The molecular weight excluding hydrogens is 262 g/mol. The molecule has 0 aliphatic heterocycles. The molecule has 1 aromatic carbocycles. The molecule has 82 valence electrons. The van der Waals surface area contributed by atoms with Crippen molar-refractivity contribution >= 4 is 15.9 Å². The molecule has 0 heterocycles. The summed E-state index contributed by atoms with van der Waals surface area (Å²) in [4.78, 5) is 0. The van der Waals surface area contributed by atoms with Gasteiger partial charge in [-0.3, -0.25) is 0 Å². The number of halogens is 1. The zero-order valence-electron chi connectivity index (χ0n) is 9.17. The lowest BCUT2D eigenvalue weighted by atomic mass is 10.1. The van der Waals surface area contributed by atoms with Crippen LogP contribution in [0.15, 0.2) is 24.3 Å². The number of hydrogen-bond donors (Lipinski definition) is 0. The lowest BCUT2D eigenvalue weighted by Crippen LogP contribution is -1.82. The van der Waals surface area contributed by atoms with E-state index in [0.717, 1.165) is 23.7 Å². The van der Waals surface area contributed by atoms with E-state index in [1.54, 1.807) is 6.07 Å². The summed E-state index contributed by atoms with van der Waals surface area (Å²) >= 11 is 3.40. The summed E-state index contributed by atoms with van der Waals surface area (Å²) in [5.74, 6) is 6.18. The van der Waals surface area contributed by atoms with Crippen LogP contribution >= 0.6 is 15.9 Å². The fourth-order valence-electron chi connectivity index (χ4n) is 1.33. The Morgan fingerprint density at radius 1 is 1.06 bits per heavy atom. The van der Waals surface area contributed by atoms with Gasteiger partial charge in [0.1, 0.15) is 6.07 Å². The number of rotatable bonds is 4. The molecule has 0 amide bonds. The van der Waals surface area contributed by atoms with Crippen molar-refractivity contribution in [2.45, 2.75) is 25.7 Å². The maximum absolute atomic E-state index is 8.87. The van der Waals surface area contributed by atoms with Gasteiger partial charge in [0.15, 0.2) is 0 Å². The van der Waals surface area contributed by atoms with Crippen LogP contribution in [0.25, 0.3) is 0 Å². The van der Waals surface area contributed by atoms with E-state index in [2.05, 4.69) is 33.8 Å². The standard InChI is InChI=1S/C14H14BrN/c15-11-7-3-1-2-4-8-13-9-5-6-10-14(13)12-16/h5-6,9-10H,1-3,7,11H2. The molecule has 1 aromatic rings. The van der Waals surface area contributed by atoms with Gasteiger partial charge in [-0.15, -0.1) is 0 Å². The molecule has 1 nitrogen and oxygen atoms in total. The second-order valence-corrected chi connectivity index (χ2v) is 4.25. The largest absolute Gasteiger partial charge is 0.192 e. The van der Waals surface area contributed by atoms with E-state index >= 15 is 0 Å². The Morgan fingerprint density at radius 2 is 1.81 bits per heavy atom. The van der Waals surface area contributed by atoms with Crippen LogP contribution in [0.3, 0.4) is 0 Å². The first-order chi connectivity index (χ1) is 7.88. The van der Waals surface area contributed by atoms with Crippen LogP contribution in [0.1, 0.15) is 36.8 Å². The molecule has 0 spiro atoms. The summed E-state index contributed by atoms with van der Waals surface area (Å²) in [5.41, 5.74) is 1.50. The number of nitrogens with zero attached hydrogens (tertiary/aromatic N) is 1. The minimum atomic E-state index is 0.662. The zero-order chi connectivity index (χ0) is 11.6. The molecular formula is C14H14BrN. The summed E-state index contributed by atoms with van der Waals surface area (Å²) in [5, 5.41) is 9.94. The van der Waals surface area contributed by atoms with Crippen LogP contribution in [0.2, 0.25) is 0 Å². The molecule has 0 saturated carbocycles. The van der Waals surface area contributed by atoms with Crippen molar-refractivity contribution < 1.29 is 0 Å². The Morgan fingerprint density at radius 3 is 2.50 bits per heavy atom. The Balaban J connectivity index is 2.47. The van der Waals surface area contributed by atoms with E-state index in [1.807, 2.05) is 18.2 Å². The number of unbranched alkanes of at least 4 members (excludes halogenated alkanes) is 3. The SMILES string of the molecule is N#Cc1ccccc1C#CCCCCCBr. The molecule has 0 saturated heterocycles. The van der Waals surface area contributed by atoms with Gasteiger partial charge in [0.05, 0.1) is 5.56 Å². The maximum atomic E-state index is 8.87. The second kappa shape index (κ2) is 7.97. The number of hydrogen-bond acceptors (Lipinski definition) is 1. The molecule has 0 unspecified atom stereocenters. The monoisotopic (exact) mass is 275 g/mol. The minimum Gasteiger partial charge on any atom is -0.192 e. The fraction of sp³-hybridized carbons (Fsp3) is 0.357. The summed E-state index contributed by atoms with van der Waals surface area (Å²) < 4.78 is 0. The molecule has 0 radical (unpaired) electrons. The van der Waals surface area contributed by atoms with Crippen LogP contribution in [-0.4, -0.2) is 5.33 Å². The van der Waals surface area contributed by atoms with Gasteiger partial charge in [-0.05, 0) is 25.0 Å². The van der Waals surface area contributed by atoms with Crippen LogP contribution in [0.4, 0.5) is 0 Å². The smallest absolute Gasteiger partial charge is 0.100 e. The van der Waals surface area contributed by atoms with E-state index in [-0.39, 0.29) is 0 Å². The van der Waals surface area contributed by atoms with E-state index in [0.29, 0.717) is 5.56 Å². The lowest BCUT2D eigenvalue weighted by Gasteiger charge is -1.93. The van der Waals surface area contributed by atoms with Crippen LogP contribution < -0.4 is 0 Å². The van der Waals surface area contributed by atoms with Gasteiger partial charge in [0.25, 0.3) is 0 Å². The molecule has 0 aliphatic rings. The maximum Gasteiger partial charge on any atom is 0.100 e. The van der Waals surface area contributed by atoms with Crippen molar-refractivity contribution in [1.29, 1.82) is 5.26 Å². The van der Waals surface area contributed by atoms with E-state index < -0.39 is 0 Å². The van der Waals surface area contributed by atoms with Crippen molar-refractivity contribution in [1.82, 2.24) is 0 Å². The molecule has 1 rings (SSSR count). The highest BCUT2D eigenvalue weighted by atomic mass is 79.9. The summed E-state index contributed by atoms with van der Waals surface area (Å²) in [7, 11) is 0. The third kappa shape index (κ3) is 4.51. The summed E-state index contributed by atoms with van der Waals surface area (Å²) in [6.45, 7) is 0. The Bertz CT molecular complexity index is 420.